The number of hydrogen-bond donors (Lipinski definition) is 1. The van der Waals surface area contributed by atoms with Crippen LogP contribution >= 0.6 is 0 Å². The van der Waals surface area contributed by atoms with Gasteiger partial charge in [0.05, 0.1) is 12.6 Å². The largest absolute Gasteiger partial charge is 0.376 e. The fourth-order valence-corrected chi connectivity index (χ4v) is 3.63. The highest BCUT2D eigenvalue weighted by Crippen LogP contribution is 2.12. The second-order valence-electron chi connectivity index (χ2n) is 7.66. The van der Waals surface area contributed by atoms with Crippen molar-refractivity contribution in [3.8, 4) is 5.69 Å². The third kappa shape index (κ3) is 4.38. The highest BCUT2D eigenvalue weighted by atomic mass is 19.1. The zero-order valence-corrected chi connectivity index (χ0v) is 17.6. The molecule has 0 radical (unpaired) electrons. The average Bonchev–Trinajstić information content (AvgIpc) is 3.31. The zero-order valence-electron chi connectivity index (χ0n) is 17.6. The van der Waals surface area contributed by atoms with E-state index in [1.54, 1.807) is 18.2 Å². The Labute approximate surface area is 183 Å². The van der Waals surface area contributed by atoms with Crippen molar-refractivity contribution in [3.05, 3.63) is 92.0 Å². The Morgan fingerprint density at radius 1 is 1.19 bits per heavy atom. The first-order valence-corrected chi connectivity index (χ1v) is 10.4. The van der Waals surface area contributed by atoms with Crippen LogP contribution < -0.4 is 16.6 Å². The second-order valence-corrected chi connectivity index (χ2v) is 7.66. The van der Waals surface area contributed by atoms with E-state index in [9.17, 15) is 18.8 Å². The average molecular weight is 438 g/mol. The first kappa shape index (κ1) is 21.6. The Hall–Kier alpha value is -3.59. The van der Waals surface area contributed by atoms with Crippen LogP contribution in [0.1, 0.15) is 34.5 Å². The van der Waals surface area contributed by atoms with Crippen LogP contribution in [-0.2, 0) is 11.3 Å². The fourth-order valence-electron chi connectivity index (χ4n) is 3.63. The molecule has 0 saturated carbocycles. The van der Waals surface area contributed by atoms with Gasteiger partial charge in [0.2, 0.25) is 5.69 Å². The zero-order chi connectivity index (χ0) is 22.7. The molecule has 1 unspecified atom stereocenters. The van der Waals surface area contributed by atoms with E-state index >= 15 is 0 Å². The number of carbonyl (C=O) groups excluding carboxylic acids is 1. The van der Waals surface area contributed by atoms with Gasteiger partial charge < -0.3 is 10.1 Å². The Morgan fingerprint density at radius 3 is 2.66 bits per heavy atom. The molecular formula is C23H23FN4O4. The summed E-state index contributed by atoms with van der Waals surface area (Å²) in [5.41, 5.74) is -0.709. The number of rotatable bonds is 6. The lowest BCUT2D eigenvalue weighted by Crippen LogP contribution is -2.47. The molecule has 166 valence electrons. The van der Waals surface area contributed by atoms with Crippen LogP contribution in [0.5, 0.6) is 0 Å². The highest BCUT2D eigenvalue weighted by molar-refractivity contribution is 5.91. The van der Waals surface area contributed by atoms with E-state index in [-0.39, 0.29) is 24.9 Å². The first-order chi connectivity index (χ1) is 15.5. The molecule has 0 aliphatic carbocycles. The molecule has 0 bridgehead atoms. The standard InChI is InChI=1S/C23H23FN4O4/c1-15-7-2-3-8-16(15)14-27-22(30)20(21(29)25-13-17-9-6-12-32-17)26-28(23(27)31)19-11-5-4-10-18(19)24/h2-5,7-8,10-11,17H,6,9,12-14H2,1H3,(H,25,29). The van der Waals surface area contributed by atoms with Crippen molar-refractivity contribution in [1.29, 1.82) is 0 Å². The van der Waals surface area contributed by atoms with Crippen LogP contribution in [0.15, 0.2) is 58.1 Å². The molecule has 4 rings (SSSR count). The Kier molecular flexibility index (Phi) is 6.27. The molecular weight excluding hydrogens is 415 g/mol. The summed E-state index contributed by atoms with van der Waals surface area (Å²) in [6, 6.07) is 12.8. The van der Waals surface area contributed by atoms with Gasteiger partial charge in [-0.15, -0.1) is 0 Å². The predicted octanol–water partition coefficient (Wildman–Crippen LogP) is 1.80. The van der Waals surface area contributed by atoms with Gasteiger partial charge in [0.15, 0.2) is 0 Å². The first-order valence-electron chi connectivity index (χ1n) is 10.4. The van der Waals surface area contributed by atoms with Gasteiger partial charge in [-0.05, 0) is 43.0 Å². The Morgan fingerprint density at radius 2 is 1.94 bits per heavy atom. The van der Waals surface area contributed by atoms with Gasteiger partial charge in [-0.2, -0.15) is 9.78 Å². The van der Waals surface area contributed by atoms with Crippen molar-refractivity contribution in [2.24, 2.45) is 0 Å². The lowest BCUT2D eigenvalue weighted by Gasteiger charge is -2.14. The summed E-state index contributed by atoms with van der Waals surface area (Å²) < 4.78 is 21.6. The van der Waals surface area contributed by atoms with Gasteiger partial charge in [-0.25, -0.2) is 9.18 Å². The minimum absolute atomic E-state index is 0.0761. The minimum atomic E-state index is -0.837. The molecule has 1 aromatic heterocycles. The number of ether oxygens (including phenoxy) is 1. The molecule has 1 N–H and O–H groups in total. The second kappa shape index (κ2) is 9.27. The number of hydrogen-bond acceptors (Lipinski definition) is 5. The van der Waals surface area contributed by atoms with E-state index in [0.29, 0.717) is 6.61 Å². The number of para-hydroxylation sites is 1. The SMILES string of the molecule is Cc1ccccc1Cn1c(=O)c(C(=O)NCC2CCCO2)nn(-c2ccccc2F)c1=O. The smallest absolute Gasteiger partial charge is 0.352 e. The number of carbonyl (C=O) groups is 1. The molecule has 9 heteroatoms. The molecule has 32 heavy (non-hydrogen) atoms. The molecule has 1 atom stereocenters. The van der Waals surface area contributed by atoms with Crippen LogP contribution in [0.2, 0.25) is 0 Å². The number of amides is 1. The third-order valence-corrected chi connectivity index (χ3v) is 5.46. The summed E-state index contributed by atoms with van der Waals surface area (Å²) in [5, 5.41) is 6.60. The topological polar surface area (TPSA) is 95.2 Å². The minimum Gasteiger partial charge on any atom is -0.376 e. The van der Waals surface area contributed by atoms with E-state index in [4.69, 9.17) is 4.74 Å². The van der Waals surface area contributed by atoms with Gasteiger partial charge >= 0.3 is 5.69 Å². The highest BCUT2D eigenvalue weighted by Gasteiger charge is 2.23. The quantitative estimate of drug-likeness (QED) is 0.633. The Bertz CT molecular complexity index is 1260. The predicted molar refractivity (Wildman–Crippen MR) is 116 cm³/mol. The molecule has 2 aromatic carbocycles. The van der Waals surface area contributed by atoms with Crippen LogP contribution in [-0.4, -0.2) is 39.5 Å². The van der Waals surface area contributed by atoms with E-state index in [1.165, 1.54) is 18.2 Å². The van der Waals surface area contributed by atoms with Gasteiger partial charge in [-0.1, -0.05) is 36.4 Å². The maximum atomic E-state index is 14.5. The summed E-state index contributed by atoms with van der Waals surface area (Å²) in [6.07, 6.45) is 1.57. The van der Waals surface area contributed by atoms with E-state index in [2.05, 4.69) is 10.4 Å². The monoisotopic (exact) mass is 438 g/mol. The number of nitrogens with zero attached hydrogens (tertiary/aromatic N) is 3. The fraction of sp³-hybridized carbons (Fsp3) is 0.304. The van der Waals surface area contributed by atoms with Crippen LogP contribution in [0.4, 0.5) is 4.39 Å². The normalized spacial score (nSPS) is 15.6. The number of aromatic nitrogens is 3. The summed E-state index contributed by atoms with van der Waals surface area (Å²) in [6.45, 7) is 2.62. The summed E-state index contributed by atoms with van der Waals surface area (Å²) in [5.74, 6) is -1.44. The van der Waals surface area contributed by atoms with Gasteiger partial charge in [0, 0.05) is 13.2 Å². The molecule has 3 aromatic rings. The van der Waals surface area contributed by atoms with Crippen molar-refractivity contribution >= 4 is 5.91 Å². The lowest BCUT2D eigenvalue weighted by molar-refractivity contribution is 0.0849. The van der Waals surface area contributed by atoms with E-state index in [0.717, 1.165) is 33.2 Å². The van der Waals surface area contributed by atoms with Crippen LogP contribution in [0.3, 0.4) is 0 Å². The van der Waals surface area contributed by atoms with Crippen molar-refractivity contribution in [2.45, 2.75) is 32.4 Å². The van der Waals surface area contributed by atoms with Gasteiger partial charge in [-0.3, -0.25) is 14.2 Å². The summed E-state index contributed by atoms with van der Waals surface area (Å²) in [7, 11) is 0. The van der Waals surface area contributed by atoms with Crippen molar-refractivity contribution in [2.75, 3.05) is 13.2 Å². The Balaban J connectivity index is 1.80. The number of halogens is 1. The summed E-state index contributed by atoms with van der Waals surface area (Å²) >= 11 is 0. The summed E-state index contributed by atoms with van der Waals surface area (Å²) in [4.78, 5) is 39.1. The lowest BCUT2D eigenvalue weighted by atomic mass is 10.1. The third-order valence-electron chi connectivity index (χ3n) is 5.46. The van der Waals surface area contributed by atoms with Crippen LogP contribution in [0.25, 0.3) is 5.69 Å². The number of aryl methyl sites for hydroxylation is 1. The molecule has 1 amide bonds. The van der Waals surface area contributed by atoms with E-state index in [1.807, 2.05) is 19.1 Å². The maximum absolute atomic E-state index is 14.5. The molecule has 2 heterocycles. The molecule has 1 aliphatic rings. The maximum Gasteiger partial charge on any atom is 0.352 e. The molecule has 1 saturated heterocycles. The van der Waals surface area contributed by atoms with Crippen molar-refractivity contribution in [1.82, 2.24) is 19.7 Å². The van der Waals surface area contributed by atoms with Gasteiger partial charge in [0.25, 0.3) is 11.5 Å². The van der Waals surface area contributed by atoms with Crippen LogP contribution in [0, 0.1) is 12.7 Å². The molecule has 1 aliphatic heterocycles. The van der Waals surface area contributed by atoms with Crippen molar-refractivity contribution in [3.63, 3.8) is 0 Å². The number of nitrogens with one attached hydrogen (secondary N) is 1. The van der Waals surface area contributed by atoms with Crippen molar-refractivity contribution < 1.29 is 13.9 Å². The van der Waals surface area contributed by atoms with Gasteiger partial charge in [0.1, 0.15) is 11.5 Å². The molecule has 1 fully saturated rings. The number of benzene rings is 2. The van der Waals surface area contributed by atoms with E-state index < -0.39 is 28.7 Å². The molecule has 8 nitrogen and oxygen atoms in total. The molecule has 0 spiro atoms.